The minimum absolute atomic E-state index is 0.0600. The summed E-state index contributed by atoms with van der Waals surface area (Å²) in [7, 11) is 0. The molecular formula is C13H12Br2N2O. The van der Waals surface area contributed by atoms with E-state index in [-0.39, 0.29) is 11.9 Å². The largest absolute Gasteiger partial charge is 0.356 e. The van der Waals surface area contributed by atoms with E-state index in [1.807, 2.05) is 31.2 Å². The molecule has 0 radical (unpaired) electrons. The molecule has 0 fully saturated rings. The van der Waals surface area contributed by atoms with Crippen molar-refractivity contribution >= 4 is 37.8 Å². The predicted octanol–water partition coefficient (Wildman–Crippen LogP) is 4.03. The zero-order valence-electron chi connectivity index (χ0n) is 9.71. The Morgan fingerprint density at radius 3 is 2.67 bits per heavy atom. The van der Waals surface area contributed by atoms with Crippen LogP contribution in [0, 0.1) is 0 Å². The Labute approximate surface area is 122 Å². The van der Waals surface area contributed by atoms with Gasteiger partial charge in [0, 0.05) is 15.1 Å². The summed E-state index contributed by atoms with van der Waals surface area (Å²) in [5.41, 5.74) is 1.59. The van der Waals surface area contributed by atoms with Crippen molar-refractivity contribution < 1.29 is 4.79 Å². The lowest BCUT2D eigenvalue weighted by atomic mass is 10.1. The van der Waals surface area contributed by atoms with Gasteiger partial charge < -0.3 is 10.3 Å². The maximum Gasteiger partial charge on any atom is 0.268 e. The fourth-order valence-corrected chi connectivity index (χ4v) is 2.65. The van der Waals surface area contributed by atoms with Crippen LogP contribution in [0.3, 0.4) is 0 Å². The number of nitrogens with one attached hydrogen (secondary N) is 2. The highest BCUT2D eigenvalue weighted by atomic mass is 79.9. The third kappa shape index (κ3) is 3.03. The standard InChI is InChI=1S/C13H12Br2N2O/c1-8(10-4-2-3-5-11(10)15)17-13(18)12-6-9(14)7-16-12/h2-8,16H,1H3,(H,17,18). The van der Waals surface area contributed by atoms with E-state index in [1.165, 1.54) is 0 Å². The second kappa shape index (κ2) is 5.71. The zero-order chi connectivity index (χ0) is 13.1. The summed E-state index contributed by atoms with van der Waals surface area (Å²) in [5, 5.41) is 2.95. The number of rotatable bonds is 3. The number of hydrogen-bond donors (Lipinski definition) is 2. The minimum atomic E-state index is -0.121. The third-order valence-electron chi connectivity index (χ3n) is 2.61. The molecule has 1 amide bonds. The van der Waals surface area contributed by atoms with Gasteiger partial charge in [0.1, 0.15) is 5.69 Å². The highest BCUT2D eigenvalue weighted by molar-refractivity contribution is 9.10. The molecule has 3 nitrogen and oxygen atoms in total. The van der Waals surface area contributed by atoms with Crippen LogP contribution in [-0.4, -0.2) is 10.9 Å². The lowest BCUT2D eigenvalue weighted by Gasteiger charge is -2.15. The van der Waals surface area contributed by atoms with E-state index >= 15 is 0 Å². The summed E-state index contributed by atoms with van der Waals surface area (Å²) >= 11 is 6.78. The fraction of sp³-hybridized carbons (Fsp3) is 0.154. The van der Waals surface area contributed by atoms with Gasteiger partial charge in [-0.2, -0.15) is 0 Å². The summed E-state index contributed by atoms with van der Waals surface area (Å²) in [4.78, 5) is 14.9. The zero-order valence-corrected chi connectivity index (χ0v) is 12.9. The number of aromatic nitrogens is 1. The quantitative estimate of drug-likeness (QED) is 0.840. The highest BCUT2D eigenvalue weighted by Crippen LogP contribution is 2.23. The van der Waals surface area contributed by atoms with Crippen molar-refractivity contribution in [3.8, 4) is 0 Å². The van der Waals surface area contributed by atoms with Gasteiger partial charge in [-0.15, -0.1) is 0 Å². The Kier molecular flexibility index (Phi) is 4.24. The molecule has 0 saturated heterocycles. The minimum Gasteiger partial charge on any atom is -0.356 e. The first-order chi connectivity index (χ1) is 8.58. The monoisotopic (exact) mass is 370 g/mol. The van der Waals surface area contributed by atoms with Gasteiger partial charge in [0.25, 0.3) is 5.91 Å². The number of benzene rings is 1. The molecule has 2 aromatic rings. The molecule has 2 N–H and O–H groups in total. The molecule has 94 valence electrons. The number of amides is 1. The Morgan fingerprint density at radius 2 is 2.06 bits per heavy atom. The summed E-state index contributed by atoms with van der Waals surface area (Å²) < 4.78 is 1.85. The smallest absolute Gasteiger partial charge is 0.268 e. The van der Waals surface area contributed by atoms with E-state index < -0.39 is 0 Å². The summed E-state index contributed by atoms with van der Waals surface area (Å²) in [6.07, 6.45) is 1.73. The molecule has 1 aromatic heterocycles. The first-order valence-electron chi connectivity index (χ1n) is 5.47. The van der Waals surface area contributed by atoms with Gasteiger partial charge in [-0.1, -0.05) is 34.1 Å². The van der Waals surface area contributed by atoms with E-state index in [0.717, 1.165) is 14.5 Å². The van der Waals surface area contributed by atoms with Crippen molar-refractivity contribution in [3.63, 3.8) is 0 Å². The second-order valence-electron chi connectivity index (χ2n) is 3.95. The molecule has 0 spiro atoms. The lowest BCUT2D eigenvalue weighted by molar-refractivity contribution is 0.0935. The van der Waals surface area contributed by atoms with E-state index in [1.54, 1.807) is 12.3 Å². The molecule has 1 aromatic carbocycles. The van der Waals surface area contributed by atoms with E-state index in [0.29, 0.717) is 5.69 Å². The van der Waals surface area contributed by atoms with Gasteiger partial charge in [-0.25, -0.2) is 0 Å². The van der Waals surface area contributed by atoms with Gasteiger partial charge in [0.05, 0.1) is 6.04 Å². The van der Waals surface area contributed by atoms with Crippen LogP contribution in [0.15, 0.2) is 45.5 Å². The number of carbonyl (C=O) groups is 1. The molecule has 18 heavy (non-hydrogen) atoms. The number of halogens is 2. The van der Waals surface area contributed by atoms with Crippen LogP contribution < -0.4 is 5.32 Å². The molecule has 5 heteroatoms. The van der Waals surface area contributed by atoms with Gasteiger partial charge in [-0.05, 0) is 40.5 Å². The second-order valence-corrected chi connectivity index (χ2v) is 5.72. The molecule has 0 bridgehead atoms. The van der Waals surface area contributed by atoms with Crippen LogP contribution in [-0.2, 0) is 0 Å². The highest BCUT2D eigenvalue weighted by Gasteiger charge is 2.14. The van der Waals surface area contributed by atoms with Crippen LogP contribution in [0.5, 0.6) is 0 Å². The van der Waals surface area contributed by atoms with Crippen molar-refractivity contribution in [3.05, 3.63) is 56.7 Å². The van der Waals surface area contributed by atoms with Crippen molar-refractivity contribution in [2.75, 3.05) is 0 Å². The van der Waals surface area contributed by atoms with Crippen molar-refractivity contribution in [2.24, 2.45) is 0 Å². The van der Waals surface area contributed by atoms with Gasteiger partial charge in [0.2, 0.25) is 0 Å². The summed E-state index contributed by atoms with van der Waals surface area (Å²) in [6.45, 7) is 1.95. The van der Waals surface area contributed by atoms with Crippen LogP contribution in [0.25, 0.3) is 0 Å². The Hall–Kier alpha value is -1.07. The molecular weight excluding hydrogens is 360 g/mol. The van der Waals surface area contributed by atoms with Crippen molar-refractivity contribution in [1.82, 2.24) is 10.3 Å². The molecule has 1 heterocycles. The Bertz CT molecular complexity index is 566. The van der Waals surface area contributed by atoms with Crippen LogP contribution in [0.2, 0.25) is 0 Å². The number of H-pyrrole nitrogens is 1. The van der Waals surface area contributed by atoms with Crippen LogP contribution >= 0.6 is 31.9 Å². The molecule has 1 atom stereocenters. The molecule has 0 saturated carbocycles. The molecule has 0 aliphatic heterocycles. The molecule has 1 unspecified atom stereocenters. The van der Waals surface area contributed by atoms with E-state index in [2.05, 4.69) is 42.2 Å². The lowest BCUT2D eigenvalue weighted by Crippen LogP contribution is -2.27. The fourth-order valence-electron chi connectivity index (χ4n) is 1.68. The summed E-state index contributed by atoms with van der Waals surface area (Å²) in [5.74, 6) is -0.121. The SMILES string of the molecule is CC(NC(=O)c1cc(Br)c[nH]1)c1ccccc1Br. The van der Waals surface area contributed by atoms with Gasteiger partial charge in [0.15, 0.2) is 0 Å². The maximum absolute atomic E-state index is 12.0. The molecule has 0 aliphatic carbocycles. The Morgan fingerprint density at radius 1 is 1.33 bits per heavy atom. The van der Waals surface area contributed by atoms with Crippen molar-refractivity contribution in [2.45, 2.75) is 13.0 Å². The first kappa shape index (κ1) is 13.4. The van der Waals surface area contributed by atoms with Crippen molar-refractivity contribution in [1.29, 1.82) is 0 Å². The number of hydrogen-bond acceptors (Lipinski definition) is 1. The van der Waals surface area contributed by atoms with Crippen LogP contribution in [0.4, 0.5) is 0 Å². The van der Waals surface area contributed by atoms with Gasteiger partial charge in [-0.3, -0.25) is 4.79 Å². The Balaban J connectivity index is 2.10. The summed E-state index contributed by atoms with van der Waals surface area (Å²) in [6, 6.07) is 9.54. The molecule has 2 rings (SSSR count). The average molecular weight is 372 g/mol. The average Bonchev–Trinajstić information content (AvgIpc) is 2.76. The van der Waals surface area contributed by atoms with Crippen LogP contribution in [0.1, 0.15) is 29.0 Å². The van der Waals surface area contributed by atoms with Gasteiger partial charge >= 0.3 is 0 Å². The maximum atomic E-state index is 12.0. The first-order valence-corrected chi connectivity index (χ1v) is 7.05. The number of aromatic amines is 1. The normalized spacial score (nSPS) is 12.2. The topological polar surface area (TPSA) is 44.9 Å². The number of carbonyl (C=O) groups excluding carboxylic acids is 1. The third-order valence-corrected chi connectivity index (χ3v) is 3.79. The molecule has 0 aliphatic rings. The van der Waals surface area contributed by atoms with E-state index in [4.69, 9.17) is 0 Å². The predicted molar refractivity (Wildman–Crippen MR) is 78.5 cm³/mol. The van der Waals surface area contributed by atoms with E-state index in [9.17, 15) is 4.79 Å².